The van der Waals surface area contributed by atoms with E-state index in [1.807, 2.05) is 0 Å². The second-order valence-electron chi connectivity index (χ2n) is 4.95. The maximum absolute atomic E-state index is 11.7. The third-order valence-corrected chi connectivity index (χ3v) is 4.79. The lowest BCUT2D eigenvalue weighted by atomic mass is 9.87. The van der Waals surface area contributed by atoms with Crippen LogP contribution in [0.15, 0.2) is 0 Å². The van der Waals surface area contributed by atoms with Crippen LogP contribution in [0.2, 0.25) is 0 Å². The Morgan fingerprint density at radius 2 is 2.00 bits per heavy atom. The first-order valence-electron chi connectivity index (χ1n) is 5.80. The molecule has 0 aromatic carbocycles. The van der Waals surface area contributed by atoms with Crippen LogP contribution in [0.4, 0.5) is 0 Å². The van der Waals surface area contributed by atoms with Gasteiger partial charge in [-0.15, -0.1) is 0 Å². The van der Waals surface area contributed by atoms with Gasteiger partial charge in [-0.3, -0.25) is 4.79 Å². The summed E-state index contributed by atoms with van der Waals surface area (Å²) >= 11 is 0. The van der Waals surface area contributed by atoms with Crippen LogP contribution in [0.1, 0.15) is 39.5 Å². The van der Waals surface area contributed by atoms with Crippen LogP contribution >= 0.6 is 0 Å². The third-order valence-electron chi connectivity index (χ3n) is 3.29. The summed E-state index contributed by atoms with van der Waals surface area (Å²) in [5.41, 5.74) is 0. The highest BCUT2D eigenvalue weighted by Gasteiger charge is 2.27. The molecule has 0 spiro atoms. The van der Waals surface area contributed by atoms with E-state index in [2.05, 4.69) is 12.2 Å². The normalized spacial score (nSPS) is 28.4. The molecule has 1 amide bonds. The van der Waals surface area contributed by atoms with Crippen LogP contribution in [-0.2, 0) is 14.6 Å². The van der Waals surface area contributed by atoms with Gasteiger partial charge in [-0.25, -0.2) is 8.42 Å². The van der Waals surface area contributed by atoms with Crippen molar-refractivity contribution in [3.8, 4) is 0 Å². The van der Waals surface area contributed by atoms with Gasteiger partial charge in [0, 0.05) is 12.3 Å². The Morgan fingerprint density at radius 3 is 2.50 bits per heavy atom. The van der Waals surface area contributed by atoms with Gasteiger partial charge < -0.3 is 5.32 Å². The molecule has 1 aliphatic carbocycles. The van der Waals surface area contributed by atoms with Crippen molar-refractivity contribution in [3.63, 3.8) is 0 Å². The van der Waals surface area contributed by atoms with E-state index in [0.29, 0.717) is 5.92 Å². The zero-order chi connectivity index (χ0) is 12.3. The van der Waals surface area contributed by atoms with Crippen molar-refractivity contribution in [1.29, 1.82) is 0 Å². The van der Waals surface area contributed by atoms with Gasteiger partial charge in [0.25, 0.3) is 0 Å². The predicted octanol–water partition coefficient (Wildman–Crippen LogP) is 1.11. The summed E-state index contributed by atoms with van der Waals surface area (Å²) in [6.07, 6.45) is 5.34. The number of sulfone groups is 1. The summed E-state index contributed by atoms with van der Waals surface area (Å²) in [6, 6.07) is 0.153. The molecule has 16 heavy (non-hydrogen) atoms. The Kier molecular flexibility index (Phi) is 4.35. The van der Waals surface area contributed by atoms with E-state index >= 15 is 0 Å². The van der Waals surface area contributed by atoms with Gasteiger partial charge in [-0.1, -0.05) is 19.8 Å². The molecular formula is C11H21NO3S. The van der Waals surface area contributed by atoms with Crippen molar-refractivity contribution in [2.45, 2.75) is 50.8 Å². The minimum Gasteiger partial charge on any atom is -0.352 e. The molecule has 4 nitrogen and oxygen atoms in total. The molecule has 0 aliphatic heterocycles. The number of hydrogen-bond donors (Lipinski definition) is 1. The summed E-state index contributed by atoms with van der Waals surface area (Å²) in [5, 5.41) is 1.90. The van der Waals surface area contributed by atoms with E-state index in [9.17, 15) is 13.2 Å². The first-order chi connectivity index (χ1) is 7.30. The summed E-state index contributed by atoms with van der Waals surface area (Å²) in [5.74, 6) is 0.259. The van der Waals surface area contributed by atoms with Crippen LogP contribution < -0.4 is 5.32 Å². The van der Waals surface area contributed by atoms with Crippen molar-refractivity contribution < 1.29 is 13.2 Å². The van der Waals surface area contributed by atoms with Crippen LogP contribution in [0.3, 0.4) is 0 Å². The maximum Gasteiger partial charge on any atom is 0.238 e. The lowest BCUT2D eigenvalue weighted by Gasteiger charge is -2.28. The van der Waals surface area contributed by atoms with E-state index < -0.39 is 15.1 Å². The van der Waals surface area contributed by atoms with Crippen LogP contribution in [0.5, 0.6) is 0 Å². The SMILES string of the molecule is C[C@@H]1CCC[C@@H](NC(=O)[C@@H](C)S(C)(=O)=O)C1. The van der Waals surface area contributed by atoms with E-state index in [0.717, 1.165) is 25.5 Å². The molecule has 1 N–H and O–H groups in total. The van der Waals surface area contributed by atoms with E-state index in [-0.39, 0.29) is 11.9 Å². The average molecular weight is 247 g/mol. The van der Waals surface area contributed by atoms with Crippen molar-refractivity contribution in [3.05, 3.63) is 0 Å². The molecular weight excluding hydrogens is 226 g/mol. The van der Waals surface area contributed by atoms with E-state index in [1.54, 1.807) is 0 Å². The lowest BCUT2D eigenvalue weighted by molar-refractivity contribution is -0.121. The molecule has 0 bridgehead atoms. The highest BCUT2D eigenvalue weighted by molar-refractivity contribution is 7.92. The second-order valence-corrected chi connectivity index (χ2v) is 7.32. The largest absolute Gasteiger partial charge is 0.352 e. The number of rotatable bonds is 3. The highest BCUT2D eigenvalue weighted by atomic mass is 32.2. The number of carbonyl (C=O) groups is 1. The van der Waals surface area contributed by atoms with E-state index in [1.165, 1.54) is 13.3 Å². The summed E-state index contributed by atoms with van der Waals surface area (Å²) in [6.45, 7) is 3.61. The second kappa shape index (κ2) is 5.17. The van der Waals surface area contributed by atoms with Crippen LogP contribution in [0, 0.1) is 5.92 Å². The summed E-state index contributed by atoms with van der Waals surface area (Å²) < 4.78 is 22.4. The summed E-state index contributed by atoms with van der Waals surface area (Å²) in [4.78, 5) is 11.7. The Morgan fingerprint density at radius 1 is 1.38 bits per heavy atom. The van der Waals surface area contributed by atoms with Gasteiger partial charge in [0.15, 0.2) is 9.84 Å². The monoisotopic (exact) mass is 247 g/mol. The number of nitrogens with one attached hydrogen (secondary N) is 1. The van der Waals surface area contributed by atoms with E-state index in [4.69, 9.17) is 0 Å². The first kappa shape index (κ1) is 13.5. The molecule has 3 atom stereocenters. The topological polar surface area (TPSA) is 63.2 Å². The fourth-order valence-corrected chi connectivity index (χ4v) is 2.54. The van der Waals surface area contributed by atoms with Crippen LogP contribution in [0.25, 0.3) is 0 Å². The number of carbonyl (C=O) groups excluding carboxylic acids is 1. The predicted molar refractivity (Wildman–Crippen MR) is 63.9 cm³/mol. The molecule has 5 heteroatoms. The standard InChI is InChI=1S/C11H21NO3S/c1-8-5-4-6-10(7-8)12-11(13)9(2)16(3,14)15/h8-10H,4-7H2,1-3H3,(H,12,13)/t8-,9-,10-/m1/s1. The van der Waals surface area contributed by atoms with Gasteiger partial charge in [0.05, 0.1) is 0 Å². The van der Waals surface area contributed by atoms with Gasteiger partial charge in [0.2, 0.25) is 5.91 Å². The maximum atomic E-state index is 11.7. The molecule has 0 heterocycles. The Labute approximate surface area is 97.7 Å². The molecule has 1 saturated carbocycles. The molecule has 0 saturated heterocycles. The molecule has 0 aromatic heterocycles. The van der Waals surface area contributed by atoms with Crippen LogP contribution in [-0.4, -0.2) is 31.9 Å². The quantitative estimate of drug-likeness (QED) is 0.812. The fraction of sp³-hybridized carbons (Fsp3) is 0.909. The molecule has 0 aromatic rings. The summed E-state index contributed by atoms with van der Waals surface area (Å²) in [7, 11) is -3.28. The number of amides is 1. The first-order valence-corrected chi connectivity index (χ1v) is 7.75. The molecule has 1 rings (SSSR count). The van der Waals surface area contributed by atoms with Crippen molar-refractivity contribution in [1.82, 2.24) is 5.32 Å². The smallest absolute Gasteiger partial charge is 0.238 e. The minimum absolute atomic E-state index is 0.153. The highest BCUT2D eigenvalue weighted by Crippen LogP contribution is 2.23. The molecule has 1 aliphatic rings. The van der Waals surface area contributed by atoms with Crippen molar-refractivity contribution >= 4 is 15.7 Å². The minimum atomic E-state index is -3.28. The zero-order valence-electron chi connectivity index (χ0n) is 10.2. The third kappa shape index (κ3) is 3.77. The fourth-order valence-electron chi connectivity index (χ4n) is 2.08. The van der Waals surface area contributed by atoms with Gasteiger partial charge in [0.1, 0.15) is 5.25 Å². The van der Waals surface area contributed by atoms with Crippen molar-refractivity contribution in [2.75, 3.05) is 6.26 Å². The molecule has 0 unspecified atom stereocenters. The average Bonchev–Trinajstić information content (AvgIpc) is 2.15. The Bertz CT molecular complexity index is 350. The van der Waals surface area contributed by atoms with Gasteiger partial charge in [-0.2, -0.15) is 0 Å². The van der Waals surface area contributed by atoms with Crippen molar-refractivity contribution in [2.24, 2.45) is 5.92 Å². The Balaban J connectivity index is 2.51. The Hall–Kier alpha value is -0.580. The molecule has 0 radical (unpaired) electrons. The molecule has 94 valence electrons. The van der Waals surface area contributed by atoms with Gasteiger partial charge >= 0.3 is 0 Å². The lowest BCUT2D eigenvalue weighted by Crippen LogP contribution is -2.44. The zero-order valence-corrected chi connectivity index (χ0v) is 11.0. The van der Waals surface area contributed by atoms with Gasteiger partial charge in [-0.05, 0) is 25.7 Å². The molecule has 1 fully saturated rings. The number of hydrogen-bond acceptors (Lipinski definition) is 3.